The third-order valence-electron chi connectivity index (χ3n) is 1.33. The summed E-state index contributed by atoms with van der Waals surface area (Å²) in [5.74, 6) is -2.62. The first kappa shape index (κ1) is 10.6. The molecule has 0 aromatic heterocycles. The van der Waals surface area contributed by atoms with Crippen LogP contribution in [0.4, 0.5) is 17.6 Å². The van der Waals surface area contributed by atoms with Gasteiger partial charge in [0.05, 0.1) is 0 Å². The number of rotatable bonds is 0. The molecule has 0 unspecified atom stereocenters. The zero-order chi connectivity index (χ0) is 10.2. The fraction of sp³-hybridized carbons (Fsp3) is 0.143. The number of hydrogen-bond donors (Lipinski definition) is 1. The summed E-state index contributed by atoms with van der Waals surface area (Å²) in [7, 11) is 0. The minimum Gasteiger partial charge on any atom is -0.504 e. The molecule has 0 amide bonds. The highest BCUT2D eigenvalue weighted by Gasteiger charge is 2.35. The van der Waals surface area contributed by atoms with Gasteiger partial charge in [-0.3, -0.25) is 0 Å². The maximum Gasteiger partial charge on any atom is 0.420 e. The Morgan fingerprint density at radius 1 is 1.23 bits per heavy atom. The van der Waals surface area contributed by atoms with Crippen molar-refractivity contribution < 1.29 is 22.7 Å². The zero-order valence-electron chi connectivity index (χ0n) is 5.99. The summed E-state index contributed by atoms with van der Waals surface area (Å²) in [6.07, 6.45) is -4.73. The molecule has 0 aliphatic heterocycles. The molecule has 0 aliphatic rings. The molecule has 1 aromatic carbocycles. The molecule has 0 fully saturated rings. The molecule has 1 N–H and O–H groups in total. The number of hydrogen-bond acceptors (Lipinski definition) is 1. The lowest BCUT2D eigenvalue weighted by Gasteiger charge is -2.09. The molecular weight excluding hydrogens is 303 g/mol. The van der Waals surface area contributed by atoms with Gasteiger partial charge in [-0.15, -0.1) is 0 Å². The first-order valence-corrected chi connectivity index (χ1v) is 4.15. The quantitative estimate of drug-likeness (QED) is 0.577. The van der Waals surface area contributed by atoms with E-state index in [9.17, 15) is 17.6 Å². The number of alkyl halides is 3. The maximum atomic E-state index is 12.6. The first-order chi connectivity index (χ1) is 5.82. The second-order valence-electron chi connectivity index (χ2n) is 2.28. The van der Waals surface area contributed by atoms with Gasteiger partial charge in [0.2, 0.25) is 0 Å². The summed E-state index contributed by atoms with van der Waals surface area (Å²) in [6.45, 7) is 0. The van der Waals surface area contributed by atoms with Gasteiger partial charge in [-0.05, 0) is 34.7 Å². The highest BCUT2D eigenvalue weighted by molar-refractivity contribution is 14.1. The second kappa shape index (κ2) is 3.32. The molecule has 0 saturated carbocycles. The van der Waals surface area contributed by atoms with E-state index in [2.05, 4.69) is 0 Å². The monoisotopic (exact) mass is 306 g/mol. The Bertz CT molecular complexity index is 334. The van der Waals surface area contributed by atoms with Crippen LogP contribution < -0.4 is 0 Å². The van der Waals surface area contributed by atoms with Crippen molar-refractivity contribution in [1.82, 2.24) is 0 Å². The van der Waals surface area contributed by atoms with E-state index in [1.165, 1.54) is 22.6 Å². The van der Waals surface area contributed by atoms with E-state index in [-0.39, 0.29) is 3.57 Å². The minimum atomic E-state index is -4.73. The minimum absolute atomic E-state index is 0.0835. The van der Waals surface area contributed by atoms with Gasteiger partial charge < -0.3 is 5.11 Å². The summed E-state index contributed by atoms with van der Waals surface area (Å²) >= 11 is 1.54. The average Bonchev–Trinajstić information content (AvgIpc) is 1.94. The third kappa shape index (κ3) is 2.23. The highest BCUT2D eigenvalue weighted by Crippen LogP contribution is 2.37. The Kier molecular flexibility index (Phi) is 2.69. The Labute approximate surface area is 84.5 Å². The van der Waals surface area contributed by atoms with Crippen molar-refractivity contribution in [2.24, 2.45) is 0 Å². The Morgan fingerprint density at radius 2 is 1.77 bits per heavy atom. The number of phenols is 1. The van der Waals surface area contributed by atoms with Crippen LogP contribution in [0.15, 0.2) is 12.1 Å². The van der Waals surface area contributed by atoms with E-state index in [0.717, 1.165) is 6.07 Å². The van der Waals surface area contributed by atoms with Gasteiger partial charge in [0, 0.05) is 3.57 Å². The van der Waals surface area contributed by atoms with Crippen LogP contribution in [0.2, 0.25) is 0 Å². The van der Waals surface area contributed by atoms with Gasteiger partial charge in [0.25, 0.3) is 0 Å². The summed E-state index contributed by atoms with van der Waals surface area (Å²) in [5, 5.41) is 8.76. The smallest absolute Gasteiger partial charge is 0.420 e. The second-order valence-corrected chi connectivity index (χ2v) is 3.53. The third-order valence-corrected chi connectivity index (χ3v) is 1.96. The van der Waals surface area contributed by atoms with Crippen LogP contribution >= 0.6 is 22.6 Å². The van der Waals surface area contributed by atoms with Crippen LogP contribution in [0, 0.1) is 9.39 Å². The molecule has 13 heavy (non-hydrogen) atoms. The Balaban J connectivity index is 3.37. The van der Waals surface area contributed by atoms with Crippen LogP contribution in [0.3, 0.4) is 0 Å². The first-order valence-electron chi connectivity index (χ1n) is 3.07. The van der Waals surface area contributed by atoms with Crippen LogP contribution in [0.5, 0.6) is 5.75 Å². The molecule has 72 valence electrons. The van der Waals surface area contributed by atoms with Crippen molar-refractivity contribution in [3.05, 3.63) is 27.1 Å². The van der Waals surface area contributed by atoms with Crippen molar-refractivity contribution in [3.8, 4) is 5.75 Å². The fourth-order valence-electron chi connectivity index (χ4n) is 0.782. The van der Waals surface area contributed by atoms with E-state index in [4.69, 9.17) is 5.11 Å². The van der Waals surface area contributed by atoms with Crippen LogP contribution in [-0.4, -0.2) is 5.11 Å². The van der Waals surface area contributed by atoms with Crippen molar-refractivity contribution in [1.29, 1.82) is 0 Å². The van der Waals surface area contributed by atoms with Crippen LogP contribution in [0.25, 0.3) is 0 Å². The molecule has 0 atom stereocenters. The zero-order valence-corrected chi connectivity index (χ0v) is 8.15. The maximum absolute atomic E-state index is 12.6. The predicted molar refractivity (Wildman–Crippen MR) is 45.8 cm³/mol. The van der Waals surface area contributed by atoms with Crippen molar-refractivity contribution >= 4 is 22.6 Å². The molecular formula is C7H3F4IO. The lowest BCUT2D eigenvalue weighted by atomic mass is 10.2. The van der Waals surface area contributed by atoms with E-state index >= 15 is 0 Å². The van der Waals surface area contributed by atoms with Crippen molar-refractivity contribution in [2.75, 3.05) is 0 Å². The van der Waals surface area contributed by atoms with E-state index in [0.29, 0.717) is 6.07 Å². The molecule has 0 heterocycles. The highest BCUT2D eigenvalue weighted by atomic mass is 127. The topological polar surface area (TPSA) is 20.2 Å². The predicted octanol–water partition coefficient (Wildman–Crippen LogP) is 3.15. The molecule has 1 nitrogen and oxygen atoms in total. The molecule has 1 aromatic rings. The van der Waals surface area contributed by atoms with Crippen molar-refractivity contribution in [2.45, 2.75) is 6.18 Å². The normalized spacial score (nSPS) is 11.8. The summed E-state index contributed by atoms with van der Waals surface area (Å²) in [4.78, 5) is 0. The number of aromatic hydroxyl groups is 1. The lowest BCUT2D eigenvalue weighted by molar-refractivity contribution is -0.139. The number of halogens is 5. The van der Waals surface area contributed by atoms with E-state index < -0.39 is 23.3 Å². The van der Waals surface area contributed by atoms with Crippen molar-refractivity contribution in [3.63, 3.8) is 0 Å². The summed E-state index contributed by atoms with van der Waals surface area (Å²) < 4.78 is 48.9. The summed E-state index contributed by atoms with van der Waals surface area (Å²) in [5.41, 5.74) is -1.35. The molecule has 0 bridgehead atoms. The number of phenolic OH excluding ortho intramolecular Hbond substituents is 1. The largest absolute Gasteiger partial charge is 0.504 e. The average molecular weight is 306 g/mol. The van der Waals surface area contributed by atoms with Gasteiger partial charge in [-0.2, -0.15) is 13.2 Å². The van der Waals surface area contributed by atoms with Crippen LogP contribution in [-0.2, 0) is 6.18 Å². The molecule has 0 saturated heterocycles. The van der Waals surface area contributed by atoms with E-state index in [1.54, 1.807) is 0 Å². The van der Waals surface area contributed by atoms with Gasteiger partial charge in [0.1, 0.15) is 5.56 Å². The summed E-state index contributed by atoms with van der Waals surface area (Å²) in [6, 6.07) is 1.50. The van der Waals surface area contributed by atoms with E-state index in [1.807, 2.05) is 0 Å². The van der Waals surface area contributed by atoms with Gasteiger partial charge in [-0.1, -0.05) is 0 Å². The van der Waals surface area contributed by atoms with Crippen LogP contribution in [0.1, 0.15) is 5.56 Å². The molecule has 1 rings (SSSR count). The SMILES string of the molecule is Oc1c(F)cc(I)cc1C(F)(F)F. The van der Waals surface area contributed by atoms with Gasteiger partial charge in [0.15, 0.2) is 11.6 Å². The fourth-order valence-corrected chi connectivity index (χ4v) is 1.37. The molecule has 6 heteroatoms. The molecule has 0 aliphatic carbocycles. The standard InChI is InChI=1S/C7H3F4IO/c8-5-2-3(12)1-4(6(5)13)7(9,10)11/h1-2,13H. The lowest BCUT2D eigenvalue weighted by Crippen LogP contribution is -2.06. The molecule has 0 spiro atoms. The Morgan fingerprint density at radius 3 is 2.23 bits per heavy atom. The van der Waals surface area contributed by atoms with Gasteiger partial charge in [-0.25, -0.2) is 4.39 Å². The molecule has 0 radical (unpaired) electrons. The van der Waals surface area contributed by atoms with Gasteiger partial charge >= 0.3 is 6.18 Å². The number of benzene rings is 1. The Hall–Kier alpha value is -0.530.